The summed E-state index contributed by atoms with van der Waals surface area (Å²) in [6, 6.07) is 0. The van der Waals surface area contributed by atoms with Gasteiger partial charge >= 0.3 is 0 Å². The third-order valence-electron chi connectivity index (χ3n) is 2.59. The van der Waals surface area contributed by atoms with Gasteiger partial charge in [-0.2, -0.15) is 25.3 Å². The molecule has 0 aromatic heterocycles. The molecule has 22 heavy (non-hydrogen) atoms. The second kappa shape index (κ2) is 5.39. The van der Waals surface area contributed by atoms with Crippen molar-refractivity contribution >= 4 is 36.3 Å². The first kappa shape index (κ1) is 18.7. The molecule has 1 rings (SSSR count). The summed E-state index contributed by atoms with van der Waals surface area (Å²) in [4.78, 5) is 5.85. The molecule has 0 radical (unpaired) electrons. The molecule has 11 nitrogen and oxygen atoms in total. The number of hydrogen-bond acceptors (Lipinski definition) is 7. The first-order valence-electron chi connectivity index (χ1n) is 5.23. The van der Waals surface area contributed by atoms with Crippen LogP contribution >= 0.6 is 0 Å². The fourth-order valence-corrected chi connectivity index (χ4v) is 4.17. The van der Waals surface area contributed by atoms with Crippen LogP contribution in [0.4, 0.5) is 0 Å². The third kappa shape index (κ3) is 3.90. The van der Waals surface area contributed by atoms with Crippen molar-refractivity contribution in [2.45, 2.75) is 18.2 Å². The lowest BCUT2D eigenvalue weighted by atomic mass is 10.1. The zero-order valence-corrected chi connectivity index (χ0v) is 13.2. The van der Waals surface area contributed by atoms with Crippen LogP contribution in [0.15, 0.2) is 22.0 Å². The summed E-state index contributed by atoms with van der Waals surface area (Å²) in [5, 5.41) is 1.69. The molecule has 0 bridgehead atoms. The molecule has 4 N–H and O–H groups in total. The van der Waals surface area contributed by atoms with Crippen LogP contribution in [-0.2, 0) is 35.1 Å². The van der Waals surface area contributed by atoms with Gasteiger partial charge in [-0.25, -0.2) is 0 Å². The minimum atomic E-state index is -5.27. The van der Waals surface area contributed by atoms with Gasteiger partial charge in [-0.1, -0.05) is 0 Å². The minimum absolute atomic E-state index is 0.258. The Hall–Kier alpha value is -1.32. The maximum atomic E-state index is 11.5. The first-order valence-corrected chi connectivity index (χ1v) is 9.55. The smallest absolute Gasteiger partial charge is 0.294 e. The largest absolute Gasteiger partial charge is 0.332 e. The minimum Gasteiger partial charge on any atom is -0.332 e. The Bertz CT molecular complexity index is 876. The highest BCUT2D eigenvalue weighted by molar-refractivity contribution is 7.91. The van der Waals surface area contributed by atoms with Crippen LogP contribution in [0.1, 0.15) is 13.3 Å². The molecule has 1 aliphatic carbocycles. The van der Waals surface area contributed by atoms with Crippen molar-refractivity contribution in [3.05, 3.63) is 22.0 Å². The number of carbonyl (C=O) groups is 1. The lowest BCUT2D eigenvalue weighted by Gasteiger charge is -2.31. The maximum Gasteiger partial charge on any atom is 0.294 e. The molecule has 1 amide bonds. The van der Waals surface area contributed by atoms with Gasteiger partial charge in [-0.15, -0.1) is 0 Å². The number of allylic oxidation sites excluding steroid dienone is 1. The average Bonchev–Trinajstić information content (AvgIpc) is 2.23. The Morgan fingerprint density at radius 3 is 1.91 bits per heavy atom. The topological polar surface area (TPSA) is 192 Å². The van der Waals surface area contributed by atoms with E-state index in [0.29, 0.717) is 6.08 Å². The van der Waals surface area contributed by atoms with Gasteiger partial charge < -0.3 is 5.32 Å². The molecule has 0 saturated heterocycles. The van der Waals surface area contributed by atoms with Crippen LogP contribution in [0, 0.1) is 0 Å². The summed E-state index contributed by atoms with van der Waals surface area (Å²) in [7, 11) is -15.4. The van der Waals surface area contributed by atoms with E-state index in [2.05, 4.69) is 0 Å². The molecule has 126 valence electrons. The van der Waals surface area contributed by atoms with Crippen LogP contribution in [0.25, 0.3) is 0 Å². The van der Waals surface area contributed by atoms with E-state index >= 15 is 0 Å². The standard InChI is InChI=1S/C8H11NO10S3/c1-5(10)9-8(22(17,18)19)3-6(20(11,12)13)2-7(4-8)21(14,15)16/h2-3H,4H2,1H3,(H,9,10)(H,11,12,13)(H,14,15,16)(H,17,18,19). The van der Waals surface area contributed by atoms with Crippen molar-refractivity contribution in [1.29, 1.82) is 0 Å². The molecule has 0 aliphatic heterocycles. The fourth-order valence-electron chi connectivity index (χ4n) is 1.71. The van der Waals surface area contributed by atoms with Crippen molar-refractivity contribution in [3.8, 4) is 0 Å². The zero-order valence-electron chi connectivity index (χ0n) is 10.8. The average molecular weight is 377 g/mol. The Labute approximate surface area is 126 Å². The molecule has 0 heterocycles. The van der Waals surface area contributed by atoms with Gasteiger partial charge in [0.1, 0.15) is 0 Å². The van der Waals surface area contributed by atoms with Gasteiger partial charge in [0.05, 0.1) is 9.81 Å². The van der Waals surface area contributed by atoms with E-state index in [1.54, 1.807) is 5.32 Å². The Balaban J connectivity index is 3.79. The zero-order chi connectivity index (χ0) is 17.6. The van der Waals surface area contributed by atoms with E-state index in [4.69, 9.17) is 9.11 Å². The van der Waals surface area contributed by atoms with E-state index in [1.165, 1.54) is 0 Å². The molecule has 0 spiro atoms. The Morgan fingerprint density at radius 2 is 1.59 bits per heavy atom. The highest BCUT2D eigenvalue weighted by Gasteiger charge is 2.48. The van der Waals surface area contributed by atoms with Crippen molar-refractivity contribution in [1.82, 2.24) is 5.32 Å². The van der Waals surface area contributed by atoms with Gasteiger partial charge in [0, 0.05) is 13.3 Å². The molecule has 1 atom stereocenters. The SMILES string of the molecule is CC(=O)NC1(S(=O)(=O)O)C=C(S(=O)(=O)O)C=C(S(=O)(=O)O)C1. The summed E-state index contributed by atoms with van der Waals surface area (Å²) < 4.78 is 94.8. The lowest BCUT2D eigenvalue weighted by Crippen LogP contribution is -2.54. The summed E-state index contributed by atoms with van der Waals surface area (Å²) in [5.41, 5.74) is 0. The van der Waals surface area contributed by atoms with E-state index < -0.39 is 57.4 Å². The van der Waals surface area contributed by atoms with Gasteiger partial charge in [0.2, 0.25) is 5.91 Å². The second-order valence-corrected chi connectivity index (χ2v) is 8.90. The van der Waals surface area contributed by atoms with Crippen molar-refractivity contribution < 1.29 is 43.7 Å². The quantitative estimate of drug-likeness (QED) is 0.426. The molecule has 14 heteroatoms. The third-order valence-corrected chi connectivity index (χ3v) is 5.63. The van der Waals surface area contributed by atoms with E-state index in [9.17, 15) is 34.6 Å². The summed E-state index contributed by atoms with van der Waals surface area (Å²) >= 11 is 0. The van der Waals surface area contributed by atoms with Crippen LogP contribution < -0.4 is 5.32 Å². The number of amides is 1. The maximum absolute atomic E-state index is 11.5. The Morgan fingerprint density at radius 1 is 1.09 bits per heavy atom. The molecule has 0 aromatic carbocycles. The predicted molar refractivity (Wildman–Crippen MR) is 72.0 cm³/mol. The lowest BCUT2D eigenvalue weighted by molar-refractivity contribution is -0.119. The monoisotopic (exact) mass is 377 g/mol. The molecule has 1 unspecified atom stereocenters. The number of rotatable bonds is 4. The van der Waals surface area contributed by atoms with Crippen LogP contribution in [0.2, 0.25) is 0 Å². The molecule has 0 fully saturated rings. The highest BCUT2D eigenvalue weighted by Crippen LogP contribution is 2.34. The van der Waals surface area contributed by atoms with Gasteiger partial charge in [0.25, 0.3) is 30.4 Å². The second-order valence-electron chi connectivity index (χ2n) is 4.33. The van der Waals surface area contributed by atoms with Crippen LogP contribution in [0.3, 0.4) is 0 Å². The van der Waals surface area contributed by atoms with Gasteiger partial charge in [-0.05, 0) is 12.2 Å². The summed E-state index contributed by atoms with van der Waals surface area (Å²) in [5.74, 6) is -1.06. The van der Waals surface area contributed by atoms with Crippen molar-refractivity contribution in [2.24, 2.45) is 0 Å². The predicted octanol–water partition coefficient (Wildman–Crippen LogP) is -1.35. The molecule has 0 aromatic rings. The Kier molecular flexibility index (Phi) is 4.59. The van der Waals surface area contributed by atoms with E-state index in [-0.39, 0.29) is 6.08 Å². The molecule has 1 aliphatic rings. The van der Waals surface area contributed by atoms with Crippen LogP contribution in [0.5, 0.6) is 0 Å². The normalized spacial score (nSPS) is 23.5. The van der Waals surface area contributed by atoms with Gasteiger partial charge in [-0.3, -0.25) is 18.5 Å². The van der Waals surface area contributed by atoms with Crippen molar-refractivity contribution in [3.63, 3.8) is 0 Å². The summed E-state index contributed by atoms with van der Waals surface area (Å²) in [6.45, 7) is 0.819. The number of hydrogen-bond donors (Lipinski definition) is 4. The van der Waals surface area contributed by atoms with Gasteiger partial charge in [0.15, 0.2) is 4.87 Å². The molecular weight excluding hydrogens is 366 g/mol. The van der Waals surface area contributed by atoms with Crippen LogP contribution in [-0.4, -0.2) is 49.7 Å². The molecule has 0 saturated carbocycles. The fraction of sp³-hybridized carbons (Fsp3) is 0.375. The highest BCUT2D eigenvalue weighted by atomic mass is 32.2. The first-order chi connectivity index (χ1) is 9.58. The molecular formula is C8H11NO10S3. The number of carbonyl (C=O) groups excluding carboxylic acids is 1. The number of nitrogens with one attached hydrogen (secondary N) is 1. The summed E-state index contributed by atoms with van der Waals surface area (Å²) in [6.07, 6.45) is -0.618. The van der Waals surface area contributed by atoms with E-state index in [1.807, 2.05) is 0 Å². The van der Waals surface area contributed by atoms with Crippen molar-refractivity contribution in [2.75, 3.05) is 0 Å². The van der Waals surface area contributed by atoms with E-state index in [0.717, 1.165) is 6.92 Å².